The zero-order chi connectivity index (χ0) is 26.8. The highest BCUT2D eigenvalue weighted by molar-refractivity contribution is 5.84. The molecule has 0 aliphatic carbocycles. The number of rotatable bonds is 11. The maximum atomic E-state index is 12.8. The Kier molecular flexibility index (Phi) is 9.03. The van der Waals surface area contributed by atoms with Crippen molar-refractivity contribution in [2.75, 3.05) is 18.5 Å². The van der Waals surface area contributed by atoms with E-state index in [9.17, 15) is 28.1 Å². The number of nitrogens with one attached hydrogen (secondary N) is 2. The summed E-state index contributed by atoms with van der Waals surface area (Å²) in [4.78, 5) is 22.3. The smallest absolute Gasteiger partial charge is 0.416 e. The van der Waals surface area contributed by atoms with E-state index in [2.05, 4.69) is 15.8 Å². The van der Waals surface area contributed by atoms with Gasteiger partial charge in [-0.05, 0) is 66.6 Å². The minimum absolute atomic E-state index is 0.0130. The van der Waals surface area contributed by atoms with Gasteiger partial charge in [0.05, 0.1) is 29.9 Å². The van der Waals surface area contributed by atoms with Gasteiger partial charge in [0.15, 0.2) is 11.5 Å². The lowest BCUT2D eigenvalue weighted by Crippen LogP contribution is -2.26. The van der Waals surface area contributed by atoms with Gasteiger partial charge in [0.1, 0.15) is 6.61 Å². The summed E-state index contributed by atoms with van der Waals surface area (Å²) in [6, 6.07) is 15.5. The fourth-order valence-electron chi connectivity index (χ4n) is 3.07. The first-order valence-corrected chi connectivity index (χ1v) is 11.0. The standard InChI is InChI=1S/C25H23F3N4O5/c1-2-36-23-12-18(8-11-22(23)37-16-17-6-9-21(10-7-17)32(34)35)14-30-31-24(33)15-29-20-5-3-4-19(13-20)25(26,27)28/h3-14,29H,2,15-16H2,1H3,(H,31,33)/b30-14-. The van der Waals surface area contributed by atoms with Gasteiger partial charge in [0.2, 0.25) is 0 Å². The quantitative estimate of drug-likeness (QED) is 0.207. The largest absolute Gasteiger partial charge is 0.490 e. The Hall–Kier alpha value is -4.61. The molecule has 0 radical (unpaired) electrons. The number of nitrogens with zero attached hydrogens (tertiary/aromatic N) is 2. The fourth-order valence-corrected chi connectivity index (χ4v) is 3.07. The molecule has 0 saturated carbocycles. The summed E-state index contributed by atoms with van der Waals surface area (Å²) < 4.78 is 49.8. The maximum absolute atomic E-state index is 12.8. The highest BCUT2D eigenvalue weighted by atomic mass is 19.4. The first-order chi connectivity index (χ1) is 17.7. The van der Waals surface area contributed by atoms with Gasteiger partial charge in [0.25, 0.3) is 11.6 Å². The Morgan fingerprint density at radius 2 is 1.81 bits per heavy atom. The second kappa shape index (κ2) is 12.4. The SMILES string of the molecule is CCOc1cc(/C=N\NC(=O)CNc2cccc(C(F)(F)F)c2)ccc1OCc1ccc([N+](=O)[O-])cc1. The number of carbonyl (C=O) groups is 1. The van der Waals surface area contributed by atoms with Crippen LogP contribution in [0.5, 0.6) is 11.5 Å². The normalized spacial score (nSPS) is 11.2. The van der Waals surface area contributed by atoms with E-state index in [1.54, 1.807) is 37.3 Å². The highest BCUT2D eigenvalue weighted by Crippen LogP contribution is 2.31. The zero-order valence-electron chi connectivity index (χ0n) is 19.6. The van der Waals surface area contributed by atoms with Crippen molar-refractivity contribution in [1.82, 2.24) is 5.43 Å². The van der Waals surface area contributed by atoms with Crippen LogP contribution in [0.3, 0.4) is 0 Å². The summed E-state index contributed by atoms with van der Waals surface area (Å²) in [6.07, 6.45) is -3.10. The highest BCUT2D eigenvalue weighted by Gasteiger charge is 2.30. The molecule has 37 heavy (non-hydrogen) atoms. The number of nitro groups is 1. The minimum atomic E-state index is -4.48. The Balaban J connectivity index is 1.55. The fraction of sp³-hybridized carbons (Fsp3) is 0.200. The van der Waals surface area contributed by atoms with Crippen LogP contribution >= 0.6 is 0 Å². The number of nitro benzene ring substituents is 1. The molecule has 12 heteroatoms. The van der Waals surface area contributed by atoms with Gasteiger partial charge in [-0.2, -0.15) is 18.3 Å². The topological polar surface area (TPSA) is 115 Å². The Morgan fingerprint density at radius 1 is 1.05 bits per heavy atom. The van der Waals surface area contributed by atoms with Crippen LogP contribution in [0.15, 0.2) is 71.8 Å². The van der Waals surface area contributed by atoms with Crippen LogP contribution < -0.4 is 20.2 Å². The molecule has 194 valence electrons. The molecule has 2 N–H and O–H groups in total. The average molecular weight is 516 g/mol. The summed E-state index contributed by atoms with van der Waals surface area (Å²) in [5.41, 5.74) is 2.95. The molecule has 3 rings (SSSR count). The lowest BCUT2D eigenvalue weighted by Gasteiger charge is -2.12. The van der Waals surface area contributed by atoms with Crippen molar-refractivity contribution in [2.24, 2.45) is 5.10 Å². The Morgan fingerprint density at radius 3 is 2.49 bits per heavy atom. The summed E-state index contributed by atoms with van der Waals surface area (Å²) in [6.45, 7) is 2.06. The molecule has 0 aromatic heterocycles. The number of ether oxygens (including phenoxy) is 2. The molecule has 0 spiro atoms. The van der Waals surface area contributed by atoms with E-state index in [1.807, 2.05) is 0 Å². The summed E-state index contributed by atoms with van der Waals surface area (Å²) in [7, 11) is 0. The predicted octanol–water partition coefficient (Wildman–Crippen LogP) is 5.15. The van der Waals surface area contributed by atoms with Gasteiger partial charge >= 0.3 is 6.18 Å². The van der Waals surface area contributed by atoms with Gasteiger partial charge in [-0.15, -0.1) is 0 Å². The van der Waals surface area contributed by atoms with Crippen molar-refractivity contribution in [3.05, 3.63) is 93.5 Å². The van der Waals surface area contributed by atoms with Crippen molar-refractivity contribution >= 4 is 23.5 Å². The van der Waals surface area contributed by atoms with Gasteiger partial charge in [0, 0.05) is 17.8 Å². The third-order valence-corrected chi connectivity index (χ3v) is 4.85. The summed E-state index contributed by atoms with van der Waals surface area (Å²) in [5.74, 6) is 0.333. The molecule has 0 bridgehead atoms. The average Bonchev–Trinajstić information content (AvgIpc) is 2.87. The molecule has 0 aliphatic rings. The van der Waals surface area contributed by atoms with Crippen LogP contribution in [0.1, 0.15) is 23.6 Å². The number of hydrazone groups is 1. The predicted molar refractivity (Wildman–Crippen MR) is 131 cm³/mol. The molecular formula is C25H23F3N4O5. The monoisotopic (exact) mass is 516 g/mol. The number of hydrogen-bond acceptors (Lipinski definition) is 7. The van der Waals surface area contributed by atoms with E-state index in [4.69, 9.17) is 9.47 Å². The van der Waals surface area contributed by atoms with Crippen molar-refractivity contribution < 1.29 is 32.4 Å². The number of alkyl halides is 3. The molecule has 3 aromatic carbocycles. The first-order valence-electron chi connectivity index (χ1n) is 11.0. The molecule has 0 fully saturated rings. The van der Waals surface area contributed by atoms with Gasteiger partial charge in [-0.25, -0.2) is 5.43 Å². The van der Waals surface area contributed by atoms with Crippen LogP contribution in [0.4, 0.5) is 24.5 Å². The molecule has 1 amide bonds. The number of non-ortho nitro benzene ring substituents is 1. The van der Waals surface area contributed by atoms with Crippen LogP contribution in [-0.2, 0) is 17.6 Å². The zero-order valence-corrected chi connectivity index (χ0v) is 19.6. The third-order valence-electron chi connectivity index (χ3n) is 4.85. The van der Waals surface area contributed by atoms with Gasteiger partial charge in [-0.1, -0.05) is 6.07 Å². The number of benzene rings is 3. The molecule has 0 heterocycles. The number of amides is 1. The molecule has 0 aliphatic heterocycles. The van der Waals surface area contributed by atoms with Crippen molar-refractivity contribution in [3.8, 4) is 11.5 Å². The first kappa shape index (κ1) is 27.0. The van der Waals surface area contributed by atoms with Crippen molar-refractivity contribution in [1.29, 1.82) is 0 Å². The van der Waals surface area contributed by atoms with Crippen molar-refractivity contribution in [3.63, 3.8) is 0 Å². The Labute approximate surface area is 210 Å². The Bertz CT molecular complexity index is 1260. The van der Waals surface area contributed by atoms with Crippen LogP contribution in [0.2, 0.25) is 0 Å². The summed E-state index contributed by atoms with van der Waals surface area (Å²) >= 11 is 0. The lowest BCUT2D eigenvalue weighted by molar-refractivity contribution is -0.384. The van der Waals surface area contributed by atoms with Crippen LogP contribution in [-0.4, -0.2) is 30.2 Å². The second-order valence-corrected chi connectivity index (χ2v) is 7.58. The molecular weight excluding hydrogens is 493 g/mol. The van der Waals surface area contributed by atoms with Crippen LogP contribution in [0.25, 0.3) is 0 Å². The van der Waals surface area contributed by atoms with E-state index >= 15 is 0 Å². The van der Waals surface area contributed by atoms with Gasteiger partial charge < -0.3 is 14.8 Å². The summed E-state index contributed by atoms with van der Waals surface area (Å²) in [5, 5.41) is 17.3. The number of hydrogen-bond donors (Lipinski definition) is 2. The molecule has 9 nitrogen and oxygen atoms in total. The van der Waals surface area contributed by atoms with Gasteiger partial charge in [-0.3, -0.25) is 14.9 Å². The molecule has 0 unspecified atom stereocenters. The number of halogens is 3. The minimum Gasteiger partial charge on any atom is -0.490 e. The number of anilines is 1. The van der Waals surface area contributed by atoms with Crippen molar-refractivity contribution in [2.45, 2.75) is 19.7 Å². The van der Waals surface area contributed by atoms with E-state index in [1.165, 1.54) is 30.5 Å². The molecule has 3 aromatic rings. The van der Waals surface area contributed by atoms with Crippen LogP contribution in [0, 0.1) is 10.1 Å². The maximum Gasteiger partial charge on any atom is 0.416 e. The van der Waals surface area contributed by atoms with E-state index in [-0.39, 0.29) is 24.5 Å². The third kappa shape index (κ3) is 8.23. The lowest BCUT2D eigenvalue weighted by atomic mass is 10.2. The van der Waals surface area contributed by atoms with E-state index in [0.717, 1.165) is 17.7 Å². The van der Waals surface area contributed by atoms with E-state index in [0.29, 0.717) is 23.7 Å². The number of carbonyl (C=O) groups excluding carboxylic acids is 1. The second-order valence-electron chi connectivity index (χ2n) is 7.58. The van der Waals surface area contributed by atoms with E-state index < -0.39 is 22.6 Å². The molecule has 0 atom stereocenters. The molecule has 0 saturated heterocycles.